The highest BCUT2D eigenvalue weighted by Crippen LogP contribution is 2.44. The molecular weight excluding hydrogens is 536 g/mol. The van der Waals surface area contributed by atoms with Crippen LogP contribution in [0.4, 0.5) is 11.4 Å². The van der Waals surface area contributed by atoms with Gasteiger partial charge in [0.2, 0.25) is 5.91 Å². The second-order valence-corrected chi connectivity index (χ2v) is 9.85. The van der Waals surface area contributed by atoms with Gasteiger partial charge in [-0.25, -0.2) is 0 Å². The molecule has 1 amide bonds. The van der Waals surface area contributed by atoms with Crippen molar-refractivity contribution >= 4 is 46.2 Å². The van der Waals surface area contributed by atoms with Crippen LogP contribution in [0.25, 0.3) is 11.3 Å². The first-order chi connectivity index (χ1) is 18.9. The number of methoxy groups -OCH3 is 2. The summed E-state index contributed by atoms with van der Waals surface area (Å²) in [5, 5.41) is 7.39. The van der Waals surface area contributed by atoms with Gasteiger partial charge in [0.15, 0.2) is 5.11 Å². The first kappa shape index (κ1) is 26.7. The van der Waals surface area contributed by atoms with Crippen molar-refractivity contribution in [1.82, 2.24) is 10.3 Å². The number of benzene rings is 2. The van der Waals surface area contributed by atoms with Gasteiger partial charge in [0.05, 0.1) is 24.5 Å². The average molecular weight is 563 g/mol. The van der Waals surface area contributed by atoms with Gasteiger partial charge in [0, 0.05) is 29.6 Å². The molecule has 1 saturated heterocycles. The number of ether oxygens (including phenoxy) is 2. The fourth-order valence-corrected chi connectivity index (χ4v) is 5.22. The summed E-state index contributed by atoms with van der Waals surface area (Å²) in [6.07, 6.45) is 1.75. The summed E-state index contributed by atoms with van der Waals surface area (Å²) >= 11 is 12.1. The molecule has 2 aromatic carbocycles. The molecule has 0 spiro atoms. The first-order valence-electron chi connectivity index (χ1n) is 12.2. The topological polar surface area (TPSA) is 88.9 Å². The van der Waals surface area contributed by atoms with Gasteiger partial charge in [-0.05, 0) is 79.3 Å². The Balaban J connectivity index is 1.59. The number of carbonyl (C=O) groups is 1. The normalized spacial score (nSPS) is 16.7. The van der Waals surface area contributed by atoms with E-state index in [1.165, 1.54) is 7.11 Å². The molecule has 0 saturated carbocycles. The summed E-state index contributed by atoms with van der Waals surface area (Å²) < 4.78 is 16.9. The largest absolute Gasteiger partial charge is 0.495 e. The number of aromatic nitrogens is 1. The van der Waals surface area contributed by atoms with E-state index < -0.39 is 0 Å². The maximum Gasteiger partial charge on any atom is 0.250 e. The number of nitrogens with zero attached hydrogens (tertiary/aromatic N) is 2. The lowest BCUT2D eigenvalue weighted by Crippen LogP contribution is -2.29. The van der Waals surface area contributed by atoms with Crippen LogP contribution in [0.1, 0.15) is 29.1 Å². The molecule has 5 rings (SSSR count). The highest BCUT2D eigenvalue weighted by Gasteiger charge is 2.43. The van der Waals surface area contributed by atoms with E-state index in [1.807, 2.05) is 72.5 Å². The molecule has 1 aliphatic rings. The Hall–Kier alpha value is -3.92. The molecule has 3 heterocycles. The summed E-state index contributed by atoms with van der Waals surface area (Å²) in [7, 11) is 3.01. The van der Waals surface area contributed by atoms with Gasteiger partial charge in [-0.3, -0.25) is 9.78 Å². The summed E-state index contributed by atoms with van der Waals surface area (Å²) in [6, 6.07) is 20.2. The van der Waals surface area contributed by atoms with Gasteiger partial charge in [-0.15, -0.1) is 0 Å². The van der Waals surface area contributed by atoms with Crippen LogP contribution in [0.3, 0.4) is 0 Å². The first-order valence-corrected chi connectivity index (χ1v) is 13.0. The molecule has 200 valence electrons. The Kier molecular flexibility index (Phi) is 7.83. The molecule has 0 radical (unpaired) electrons. The van der Waals surface area contributed by atoms with Gasteiger partial charge >= 0.3 is 0 Å². The lowest BCUT2D eigenvalue weighted by Gasteiger charge is -2.27. The van der Waals surface area contributed by atoms with E-state index in [0.29, 0.717) is 33.1 Å². The number of hydrogen-bond acceptors (Lipinski definition) is 6. The fraction of sp³-hybridized carbons (Fsp3) is 0.207. The van der Waals surface area contributed by atoms with Crippen molar-refractivity contribution in [3.8, 4) is 17.1 Å². The molecule has 2 N–H and O–H groups in total. The van der Waals surface area contributed by atoms with Crippen molar-refractivity contribution in [2.75, 3.05) is 31.0 Å². The minimum Gasteiger partial charge on any atom is -0.495 e. The molecule has 4 aromatic rings. The molecule has 2 aromatic heterocycles. The van der Waals surface area contributed by atoms with E-state index in [2.05, 4.69) is 15.6 Å². The number of aryl methyl sites for hydroxylation is 1. The van der Waals surface area contributed by atoms with Crippen molar-refractivity contribution in [2.45, 2.75) is 19.0 Å². The lowest BCUT2D eigenvalue weighted by atomic mass is 10.0. The summed E-state index contributed by atoms with van der Waals surface area (Å²) in [5.41, 5.74) is 4.00. The van der Waals surface area contributed by atoms with Crippen molar-refractivity contribution in [3.63, 3.8) is 0 Å². The van der Waals surface area contributed by atoms with Crippen LogP contribution in [-0.4, -0.2) is 36.8 Å². The molecule has 2 atom stereocenters. The number of halogens is 1. The third-order valence-electron chi connectivity index (χ3n) is 6.49. The smallest absolute Gasteiger partial charge is 0.250 e. The van der Waals surface area contributed by atoms with Crippen molar-refractivity contribution in [1.29, 1.82) is 0 Å². The van der Waals surface area contributed by atoms with Crippen molar-refractivity contribution in [2.24, 2.45) is 0 Å². The van der Waals surface area contributed by atoms with Gasteiger partial charge in [-0.1, -0.05) is 23.7 Å². The van der Waals surface area contributed by atoms with Crippen molar-refractivity contribution in [3.05, 3.63) is 95.0 Å². The number of anilines is 2. The number of thiocarbonyl (C=S) groups is 1. The van der Waals surface area contributed by atoms with E-state index in [-0.39, 0.29) is 24.6 Å². The molecule has 0 bridgehead atoms. The molecule has 0 unspecified atom stereocenters. The Bertz CT molecular complexity index is 1510. The number of carbonyl (C=O) groups excluding carboxylic acids is 1. The Morgan fingerprint density at radius 2 is 2.00 bits per heavy atom. The second kappa shape index (κ2) is 11.4. The number of nitrogens with one attached hydrogen (secondary N) is 2. The average Bonchev–Trinajstić information content (AvgIpc) is 3.55. The van der Waals surface area contributed by atoms with E-state index in [1.54, 1.807) is 19.4 Å². The Morgan fingerprint density at radius 1 is 1.15 bits per heavy atom. The van der Waals surface area contributed by atoms with Crippen LogP contribution >= 0.6 is 23.8 Å². The van der Waals surface area contributed by atoms with E-state index >= 15 is 0 Å². The summed E-state index contributed by atoms with van der Waals surface area (Å²) in [6.45, 7) is 1.93. The van der Waals surface area contributed by atoms with Gasteiger partial charge < -0.3 is 29.4 Å². The Labute approximate surface area is 236 Å². The number of rotatable bonds is 8. The van der Waals surface area contributed by atoms with Crippen LogP contribution in [0.2, 0.25) is 5.02 Å². The number of furan rings is 1. The zero-order valence-electron chi connectivity index (χ0n) is 21.6. The molecule has 10 heteroatoms. The fourth-order valence-electron chi connectivity index (χ4n) is 4.70. The predicted molar refractivity (Wildman–Crippen MR) is 155 cm³/mol. The molecule has 8 nitrogen and oxygen atoms in total. The van der Waals surface area contributed by atoms with Crippen LogP contribution in [0, 0.1) is 6.92 Å². The number of amides is 1. The zero-order valence-corrected chi connectivity index (χ0v) is 23.2. The quantitative estimate of drug-likeness (QED) is 0.250. The standard InChI is InChI=1S/C29H27ClN4O4S/c1-17-7-8-18(30)14-20(17)23-11-12-25(38-23)28-27(21-6-4-5-13-31-21)33-29(39)34(28)19-9-10-24(37-3)22(15-19)32-26(35)16-36-2/h4-15,27-28H,16H2,1-3H3,(H,32,35)(H,33,39)/t27-,28+/m0/s1. The maximum absolute atomic E-state index is 12.3. The molecule has 1 fully saturated rings. The van der Waals surface area contributed by atoms with Crippen LogP contribution in [-0.2, 0) is 9.53 Å². The van der Waals surface area contributed by atoms with Gasteiger partial charge in [0.1, 0.15) is 29.9 Å². The lowest BCUT2D eigenvalue weighted by molar-refractivity contribution is -0.119. The highest BCUT2D eigenvalue weighted by atomic mass is 35.5. The Morgan fingerprint density at radius 3 is 2.74 bits per heavy atom. The van der Waals surface area contributed by atoms with E-state index in [9.17, 15) is 4.79 Å². The zero-order chi connectivity index (χ0) is 27.5. The number of pyridine rings is 1. The second-order valence-electron chi connectivity index (χ2n) is 9.02. The predicted octanol–water partition coefficient (Wildman–Crippen LogP) is 6.07. The van der Waals surface area contributed by atoms with E-state index in [4.69, 9.17) is 37.7 Å². The van der Waals surface area contributed by atoms with Crippen LogP contribution < -0.4 is 20.3 Å². The minimum atomic E-state index is -0.378. The minimum absolute atomic E-state index is 0.0838. The van der Waals surface area contributed by atoms with E-state index in [0.717, 1.165) is 22.5 Å². The third kappa shape index (κ3) is 5.47. The van der Waals surface area contributed by atoms with Crippen molar-refractivity contribution < 1.29 is 18.7 Å². The SMILES string of the molecule is COCC(=O)Nc1cc(N2C(=S)N[C@@H](c3ccccn3)[C@H]2c2ccc(-c3cc(Cl)ccc3C)o2)ccc1OC. The van der Waals surface area contributed by atoms with Gasteiger partial charge in [-0.2, -0.15) is 0 Å². The molecule has 0 aliphatic carbocycles. The molecule has 1 aliphatic heterocycles. The maximum atomic E-state index is 12.3. The molecular formula is C29H27ClN4O4S. The summed E-state index contributed by atoms with van der Waals surface area (Å²) in [4.78, 5) is 18.9. The third-order valence-corrected chi connectivity index (χ3v) is 7.04. The summed E-state index contributed by atoms with van der Waals surface area (Å²) in [5.74, 6) is 1.60. The monoisotopic (exact) mass is 562 g/mol. The van der Waals surface area contributed by atoms with Crippen LogP contribution in [0.5, 0.6) is 5.75 Å². The van der Waals surface area contributed by atoms with Gasteiger partial charge in [0.25, 0.3) is 0 Å². The number of hydrogen-bond donors (Lipinski definition) is 2. The highest BCUT2D eigenvalue weighted by molar-refractivity contribution is 7.80. The van der Waals surface area contributed by atoms with Crippen LogP contribution in [0.15, 0.2) is 77.3 Å². The molecule has 39 heavy (non-hydrogen) atoms.